The van der Waals surface area contributed by atoms with Gasteiger partial charge in [-0.15, -0.1) is 0 Å². The maximum absolute atomic E-state index is 15.0. The number of piperidine rings is 2. The molecule has 5 heterocycles. The van der Waals surface area contributed by atoms with Gasteiger partial charge in [-0.3, -0.25) is 9.69 Å². The lowest BCUT2D eigenvalue weighted by atomic mass is 9.78. The monoisotopic (exact) mass is 700 g/mol. The van der Waals surface area contributed by atoms with Gasteiger partial charge in [0.15, 0.2) is 5.54 Å². The van der Waals surface area contributed by atoms with Gasteiger partial charge in [-0.05, 0) is 93.1 Å². The van der Waals surface area contributed by atoms with Crippen LogP contribution < -0.4 is 19.1 Å². The number of sulfonamides is 1. The molecular formula is C36H40N6O7S. The van der Waals surface area contributed by atoms with Crippen LogP contribution in [0.1, 0.15) is 42.4 Å². The highest BCUT2D eigenvalue weighted by molar-refractivity contribution is 7.93. The van der Waals surface area contributed by atoms with E-state index >= 15 is 4.79 Å². The standard InChI is InChI=1S/C36H40N6O7S/c1-47-31-7-3-4-8-32(31)50(45,46)42-30-10-9-24(21-37)20-29(30)36(34(42)43,28-6-5-15-38-33(28)48-2)39-35(44)41-18-13-26(14-19-41)25-11-16-40(17-12-25)27-22-49-23-27/h3-10,15,20,25-27H,11-14,16-19,22-23H2,1-2H3,(H,39,44). The predicted molar refractivity (Wildman–Crippen MR) is 182 cm³/mol. The zero-order valence-corrected chi connectivity index (χ0v) is 28.9. The van der Waals surface area contributed by atoms with Crippen LogP contribution >= 0.6 is 0 Å². The molecule has 0 aliphatic carbocycles. The molecule has 0 saturated carbocycles. The van der Waals surface area contributed by atoms with Crippen LogP contribution in [-0.2, 0) is 25.1 Å². The first kappa shape index (κ1) is 33.8. The molecule has 7 rings (SSSR count). The zero-order chi connectivity index (χ0) is 35.0. The Hall–Kier alpha value is -4.71. The van der Waals surface area contributed by atoms with Crippen LogP contribution in [0.15, 0.2) is 65.7 Å². The lowest BCUT2D eigenvalue weighted by Crippen LogP contribution is -2.58. The van der Waals surface area contributed by atoms with Crippen molar-refractivity contribution in [1.29, 1.82) is 5.26 Å². The van der Waals surface area contributed by atoms with E-state index in [9.17, 15) is 18.5 Å². The molecule has 1 aromatic heterocycles. The summed E-state index contributed by atoms with van der Waals surface area (Å²) in [6, 6.07) is 15.5. The number of methoxy groups -OCH3 is 2. The second kappa shape index (κ2) is 13.5. The average molecular weight is 701 g/mol. The molecule has 1 atom stereocenters. The van der Waals surface area contributed by atoms with Crippen molar-refractivity contribution < 1.29 is 32.2 Å². The molecule has 1 N–H and O–H groups in total. The second-order valence-corrected chi connectivity index (χ2v) is 15.0. The fraction of sp³-hybridized carbons (Fsp3) is 0.444. The van der Waals surface area contributed by atoms with Gasteiger partial charge in [-0.1, -0.05) is 12.1 Å². The number of carbonyl (C=O) groups excluding carboxylic acids is 2. The van der Waals surface area contributed by atoms with Gasteiger partial charge in [-0.2, -0.15) is 9.57 Å². The number of benzene rings is 2. The summed E-state index contributed by atoms with van der Waals surface area (Å²) in [6.45, 7) is 4.73. The molecule has 4 aliphatic rings. The number of pyridine rings is 1. The normalized spacial score (nSPS) is 22.1. The van der Waals surface area contributed by atoms with Crippen molar-refractivity contribution in [3.8, 4) is 17.7 Å². The van der Waals surface area contributed by atoms with E-state index in [1.165, 1.54) is 56.8 Å². The first-order chi connectivity index (χ1) is 24.2. The minimum Gasteiger partial charge on any atom is -0.495 e. The Bertz CT molecular complexity index is 1930. The van der Waals surface area contributed by atoms with Gasteiger partial charge in [-0.25, -0.2) is 18.2 Å². The molecule has 1 unspecified atom stereocenters. The van der Waals surface area contributed by atoms with E-state index in [1.807, 2.05) is 0 Å². The third kappa shape index (κ3) is 5.63. The number of nitrogens with one attached hydrogen (secondary N) is 1. The lowest BCUT2D eigenvalue weighted by molar-refractivity contribution is -0.121. The third-order valence-corrected chi connectivity index (χ3v) is 12.4. The topological polar surface area (TPSA) is 154 Å². The van der Waals surface area contributed by atoms with E-state index in [0.717, 1.165) is 52.0 Å². The third-order valence-electron chi connectivity index (χ3n) is 10.7. The summed E-state index contributed by atoms with van der Waals surface area (Å²) in [5, 5.41) is 12.9. The number of aromatic nitrogens is 1. The minimum absolute atomic E-state index is 0.00961. The van der Waals surface area contributed by atoms with Crippen molar-refractivity contribution in [3.63, 3.8) is 0 Å². The summed E-state index contributed by atoms with van der Waals surface area (Å²) in [7, 11) is -1.89. The van der Waals surface area contributed by atoms with Crippen LogP contribution in [0.5, 0.6) is 11.6 Å². The van der Waals surface area contributed by atoms with Gasteiger partial charge in [0.25, 0.3) is 15.9 Å². The van der Waals surface area contributed by atoms with Crippen molar-refractivity contribution in [1.82, 2.24) is 20.1 Å². The minimum atomic E-state index is -4.61. The SMILES string of the molecule is COc1ccccc1S(=O)(=O)N1C(=O)C(NC(=O)N2CCC(C3CCN(C4COC4)CC3)CC2)(c2cccnc2OC)c2cc(C#N)ccc21. The van der Waals surface area contributed by atoms with E-state index < -0.39 is 27.5 Å². The number of ether oxygens (including phenoxy) is 3. The van der Waals surface area contributed by atoms with Crippen LogP contribution in [0.3, 0.4) is 0 Å². The summed E-state index contributed by atoms with van der Waals surface area (Å²) >= 11 is 0. The Labute approximate surface area is 291 Å². The number of nitriles is 1. The number of hydrogen-bond donors (Lipinski definition) is 1. The zero-order valence-electron chi connectivity index (χ0n) is 28.1. The molecule has 14 heteroatoms. The fourth-order valence-electron chi connectivity index (χ4n) is 7.92. The summed E-state index contributed by atoms with van der Waals surface area (Å²) in [6.07, 6.45) is 5.37. The first-order valence-corrected chi connectivity index (χ1v) is 18.3. The molecule has 3 fully saturated rings. The lowest BCUT2D eigenvalue weighted by Gasteiger charge is -2.44. The Balaban J connectivity index is 1.23. The van der Waals surface area contributed by atoms with Gasteiger partial charge in [0, 0.05) is 24.8 Å². The Morgan fingerprint density at radius 1 is 0.960 bits per heavy atom. The van der Waals surface area contributed by atoms with Crippen LogP contribution in [0.4, 0.5) is 10.5 Å². The van der Waals surface area contributed by atoms with Gasteiger partial charge >= 0.3 is 6.03 Å². The number of hydrogen-bond acceptors (Lipinski definition) is 10. The largest absolute Gasteiger partial charge is 0.495 e. The summed E-state index contributed by atoms with van der Waals surface area (Å²) in [4.78, 5) is 37.7. The average Bonchev–Trinajstić information content (AvgIpc) is 3.38. The van der Waals surface area contributed by atoms with Gasteiger partial charge in [0.2, 0.25) is 5.88 Å². The van der Waals surface area contributed by atoms with Gasteiger partial charge in [0.05, 0.1) is 56.4 Å². The van der Waals surface area contributed by atoms with Crippen molar-refractivity contribution in [2.24, 2.45) is 11.8 Å². The molecule has 0 spiro atoms. The Morgan fingerprint density at radius 3 is 2.30 bits per heavy atom. The van der Waals surface area contributed by atoms with E-state index in [4.69, 9.17) is 14.2 Å². The molecule has 4 aliphatic heterocycles. The second-order valence-electron chi connectivity index (χ2n) is 13.2. The van der Waals surface area contributed by atoms with Crippen molar-refractivity contribution in [2.45, 2.75) is 42.2 Å². The number of amides is 3. The van der Waals surface area contributed by atoms with Gasteiger partial charge < -0.3 is 24.4 Å². The van der Waals surface area contributed by atoms with Crippen LogP contribution in [0, 0.1) is 23.2 Å². The van der Waals surface area contributed by atoms with Crippen molar-refractivity contribution in [3.05, 3.63) is 77.5 Å². The maximum Gasteiger partial charge on any atom is 0.318 e. The molecule has 0 bridgehead atoms. The number of para-hydroxylation sites is 1. The molecular weight excluding hydrogens is 660 g/mol. The summed E-state index contributed by atoms with van der Waals surface area (Å²) in [5.74, 6) is 0.169. The molecule has 13 nitrogen and oxygen atoms in total. The fourth-order valence-corrected chi connectivity index (χ4v) is 9.55. The number of anilines is 1. The van der Waals surface area contributed by atoms with Crippen molar-refractivity contribution >= 4 is 27.6 Å². The highest BCUT2D eigenvalue weighted by atomic mass is 32.2. The molecule has 0 radical (unpaired) electrons. The van der Waals surface area contributed by atoms with Gasteiger partial charge in [0.1, 0.15) is 10.6 Å². The molecule has 3 amide bonds. The number of carbonyl (C=O) groups is 2. The highest BCUT2D eigenvalue weighted by Crippen LogP contribution is 2.50. The molecule has 3 saturated heterocycles. The van der Waals surface area contributed by atoms with Crippen LogP contribution in [-0.4, -0.2) is 94.8 Å². The molecule has 2 aromatic carbocycles. The first-order valence-electron chi connectivity index (χ1n) is 16.9. The maximum atomic E-state index is 15.0. The number of likely N-dealkylation sites (tertiary alicyclic amines) is 2. The van der Waals surface area contributed by atoms with E-state index in [2.05, 4.69) is 21.3 Å². The smallest absolute Gasteiger partial charge is 0.318 e. The van der Waals surface area contributed by atoms with E-state index in [0.29, 0.717) is 35.3 Å². The number of nitrogens with zero attached hydrogens (tertiary/aromatic N) is 5. The molecule has 262 valence electrons. The van der Waals surface area contributed by atoms with E-state index in [-0.39, 0.29) is 38.9 Å². The predicted octanol–water partition coefficient (Wildman–Crippen LogP) is 3.48. The van der Waals surface area contributed by atoms with Crippen LogP contribution in [0.2, 0.25) is 0 Å². The molecule has 50 heavy (non-hydrogen) atoms. The Morgan fingerprint density at radius 2 is 1.66 bits per heavy atom. The van der Waals surface area contributed by atoms with E-state index in [1.54, 1.807) is 23.1 Å². The number of rotatable bonds is 8. The quantitative estimate of drug-likeness (QED) is 0.370. The summed E-state index contributed by atoms with van der Waals surface area (Å²) < 4.78 is 45.9. The van der Waals surface area contributed by atoms with Crippen molar-refractivity contribution in [2.75, 3.05) is 57.9 Å². The highest BCUT2D eigenvalue weighted by Gasteiger charge is 2.59. The number of fused-ring (bicyclic) bond motifs is 1. The van der Waals surface area contributed by atoms with Crippen LogP contribution in [0.25, 0.3) is 0 Å². The summed E-state index contributed by atoms with van der Waals surface area (Å²) in [5.41, 5.74) is -1.70. The Kier molecular flexibility index (Phi) is 9.15. The number of urea groups is 1. The molecule has 3 aromatic rings.